The standard InChI is InChI=1S/C18H25N3O3S/c1-12-6-5-7-13(2)17(12)24-11-16(23)20-21-18(25)19-15(22)10-14-8-3-4-9-14/h5-7,14H,3-4,8-11H2,1-2H3,(H,20,23)(H2,19,21,22,25). The van der Waals surface area contributed by atoms with Crippen LogP contribution in [0.4, 0.5) is 0 Å². The minimum atomic E-state index is -0.380. The van der Waals surface area contributed by atoms with Crippen LogP contribution < -0.4 is 20.9 Å². The van der Waals surface area contributed by atoms with Crippen molar-refractivity contribution in [2.24, 2.45) is 5.92 Å². The van der Waals surface area contributed by atoms with Gasteiger partial charge in [-0.1, -0.05) is 31.0 Å². The fraction of sp³-hybridized carbons (Fsp3) is 0.500. The van der Waals surface area contributed by atoms with Crippen LogP contribution in [0.25, 0.3) is 0 Å². The molecule has 2 rings (SSSR count). The van der Waals surface area contributed by atoms with E-state index in [-0.39, 0.29) is 23.5 Å². The van der Waals surface area contributed by atoms with Crippen molar-refractivity contribution in [3.8, 4) is 5.75 Å². The van der Waals surface area contributed by atoms with Crippen LogP contribution in [-0.2, 0) is 9.59 Å². The van der Waals surface area contributed by atoms with E-state index in [0.717, 1.165) is 24.0 Å². The lowest BCUT2D eigenvalue weighted by Gasteiger charge is -2.14. The number of carbonyl (C=O) groups excluding carboxylic acids is 2. The third-order valence-corrected chi connectivity index (χ3v) is 4.48. The minimum Gasteiger partial charge on any atom is -0.483 e. The van der Waals surface area contributed by atoms with E-state index in [2.05, 4.69) is 16.2 Å². The van der Waals surface area contributed by atoms with Crippen LogP contribution in [0.2, 0.25) is 0 Å². The van der Waals surface area contributed by atoms with Crippen molar-refractivity contribution in [1.82, 2.24) is 16.2 Å². The Balaban J connectivity index is 1.67. The number of thiocarbonyl (C=S) groups is 1. The largest absolute Gasteiger partial charge is 0.483 e. The Bertz CT molecular complexity index is 622. The van der Waals surface area contributed by atoms with Gasteiger partial charge >= 0.3 is 0 Å². The van der Waals surface area contributed by atoms with E-state index in [1.807, 2.05) is 32.0 Å². The van der Waals surface area contributed by atoms with E-state index < -0.39 is 0 Å². The summed E-state index contributed by atoms with van der Waals surface area (Å²) in [5.74, 6) is 0.647. The maximum absolute atomic E-state index is 11.9. The summed E-state index contributed by atoms with van der Waals surface area (Å²) in [6.45, 7) is 3.71. The number of amides is 2. The zero-order valence-corrected chi connectivity index (χ0v) is 15.5. The van der Waals surface area contributed by atoms with Gasteiger partial charge in [0.1, 0.15) is 5.75 Å². The van der Waals surface area contributed by atoms with Crippen molar-refractivity contribution in [2.75, 3.05) is 6.61 Å². The van der Waals surface area contributed by atoms with Gasteiger partial charge in [-0.15, -0.1) is 0 Å². The highest BCUT2D eigenvalue weighted by Crippen LogP contribution is 2.27. The summed E-state index contributed by atoms with van der Waals surface area (Å²) in [4.78, 5) is 23.7. The van der Waals surface area contributed by atoms with Crippen molar-refractivity contribution in [3.05, 3.63) is 29.3 Å². The lowest BCUT2D eigenvalue weighted by Crippen LogP contribution is -2.49. The van der Waals surface area contributed by atoms with Gasteiger partial charge in [0, 0.05) is 6.42 Å². The van der Waals surface area contributed by atoms with Crippen molar-refractivity contribution in [3.63, 3.8) is 0 Å². The fourth-order valence-electron chi connectivity index (χ4n) is 3.01. The van der Waals surface area contributed by atoms with E-state index >= 15 is 0 Å². The molecule has 0 spiro atoms. The van der Waals surface area contributed by atoms with Crippen LogP contribution >= 0.6 is 12.2 Å². The number of ether oxygens (including phenoxy) is 1. The van der Waals surface area contributed by atoms with E-state index in [1.54, 1.807) is 0 Å². The number of para-hydroxylation sites is 1. The Morgan fingerprint density at radius 1 is 1.12 bits per heavy atom. The fourth-order valence-corrected chi connectivity index (χ4v) is 3.18. The van der Waals surface area contributed by atoms with E-state index in [0.29, 0.717) is 18.1 Å². The molecular formula is C18H25N3O3S. The molecule has 7 heteroatoms. The first kappa shape index (κ1) is 19.2. The summed E-state index contributed by atoms with van der Waals surface area (Å²) in [7, 11) is 0. The molecule has 6 nitrogen and oxygen atoms in total. The molecule has 1 fully saturated rings. The summed E-state index contributed by atoms with van der Waals surface area (Å²) in [5, 5.41) is 2.67. The Morgan fingerprint density at radius 2 is 1.76 bits per heavy atom. The first-order valence-corrected chi connectivity index (χ1v) is 8.94. The van der Waals surface area contributed by atoms with Gasteiger partial charge in [-0.05, 0) is 56.0 Å². The zero-order valence-electron chi connectivity index (χ0n) is 14.7. The molecule has 1 aliphatic rings. The first-order valence-electron chi connectivity index (χ1n) is 8.53. The number of hydrogen-bond acceptors (Lipinski definition) is 4. The van der Waals surface area contributed by atoms with Crippen LogP contribution in [0.5, 0.6) is 5.75 Å². The smallest absolute Gasteiger partial charge is 0.276 e. The molecule has 1 aromatic carbocycles. The predicted molar refractivity (Wildman–Crippen MR) is 100 cm³/mol. The summed E-state index contributed by atoms with van der Waals surface area (Å²) in [6, 6.07) is 5.78. The predicted octanol–water partition coefficient (Wildman–Crippen LogP) is 2.28. The average Bonchev–Trinajstić information content (AvgIpc) is 3.05. The third kappa shape index (κ3) is 6.34. The molecule has 25 heavy (non-hydrogen) atoms. The summed E-state index contributed by atoms with van der Waals surface area (Å²) >= 11 is 5.01. The normalized spacial score (nSPS) is 14.0. The van der Waals surface area contributed by atoms with Crippen LogP contribution in [0.3, 0.4) is 0 Å². The number of nitrogens with one attached hydrogen (secondary N) is 3. The van der Waals surface area contributed by atoms with Gasteiger partial charge in [-0.25, -0.2) is 0 Å². The maximum Gasteiger partial charge on any atom is 0.276 e. The van der Waals surface area contributed by atoms with Gasteiger partial charge in [0.15, 0.2) is 11.7 Å². The Labute approximate surface area is 153 Å². The highest BCUT2D eigenvalue weighted by Gasteiger charge is 2.19. The molecule has 1 aliphatic carbocycles. The molecule has 1 saturated carbocycles. The SMILES string of the molecule is Cc1cccc(C)c1OCC(=O)NNC(=S)NC(=O)CC1CCCC1. The molecule has 1 aromatic rings. The van der Waals surface area contributed by atoms with Crippen LogP contribution in [-0.4, -0.2) is 23.5 Å². The number of hydrazine groups is 1. The molecule has 0 unspecified atom stereocenters. The molecule has 2 amide bonds. The van der Waals surface area contributed by atoms with Crippen LogP contribution in [0.15, 0.2) is 18.2 Å². The van der Waals surface area contributed by atoms with Gasteiger partial charge in [-0.3, -0.25) is 20.4 Å². The zero-order chi connectivity index (χ0) is 18.2. The molecule has 0 saturated heterocycles. The number of aryl methyl sites for hydroxylation is 2. The number of carbonyl (C=O) groups is 2. The van der Waals surface area contributed by atoms with Gasteiger partial charge < -0.3 is 10.1 Å². The Kier molecular flexibility index (Phi) is 7.18. The topological polar surface area (TPSA) is 79.5 Å². The molecule has 0 radical (unpaired) electrons. The maximum atomic E-state index is 11.9. The lowest BCUT2D eigenvalue weighted by atomic mass is 10.0. The molecule has 0 aliphatic heterocycles. The lowest BCUT2D eigenvalue weighted by molar-refractivity contribution is -0.124. The first-order chi connectivity index (χ1) is 12.0. The second kappa shape index (κ2) is 9.36. The van der Waals surface area contributed by atoms with Crippen LogP contribution in [0, 0.1) is 19.8 Å². The van der Waals surface area contributed by atoms with Crippen molar-refractivity contribution in [1.29, 1.82) is 0 Å². The monoisotopic (exact) mass is 363 g/mol. The van der Waals surface area contributed by atoms with Gasteiger partial charge in [-0.2, -0.15) is 0 Å². The molecule has 0 aromatic heterocycles. The van der Waals surface area contributed by atoms with Crippen LogP contribution in [0.1, 0.15) is 43.2 Å². The van der Waals surface area contributed by atoms with Crippen molar-refractivity contribution < 1.29 is 14.3 Å². The summed E-state index contributed by atoms with van der Waals surface area (Å²) < 4.78 is 5.55. The third-order valence-electron chi connectivity index (χ3n) is 4.27. The molecule has 0 bridgehead atoms. The molecule has 0 heterocycles. The Morgan fingerprint density at radius 3 is 2.40 bits per heavy atom. The molecule has 0 atom stereocenters. The van der Waals surface area contributed by atoms with Gasteiger partial charge in [0.05, 0.1) is 0 Å². The number of hydrogen-bond donors (Lipinski definition) is 3. The number of rotatable bonds is 5. The second-order valence-electron chi connectivity index (χ2n) is 6.41. The Hall–Kier alpha value is -2.15. The average molecular weight is 363 g/mol. The molecule has 136 valence electrons. The quantitative estimate of drug-likeness (QED) is 0.552. The highest BCUT2D eigenvalue weighted by molar-refractivity contribution is 7.80. The van der Waals surface area contributed by atoms with E-state index in [9.17, 15) is 9.59 Å². The molecular weight excluding hydrogens is 338 g/mol. The van der Waals surface area contributed by atoms with Crippen molar-refractivity contribution in [2.45, 2.75) is 46.0 Å². The van der Waals surface area contributed by atoms with Gasteiger partial charge in [0.2, 0.25) is 5.91 Å². The summed E-state index contributed by atoms with van der Waals surface area (Å²) in [5.41, 5.74) is 6.88. The van der Waals surface area contributed by atoms with Crippen molar-refractivity contribution >= 4 is 29.1 Å². The van der Waals surface area contributed by atoms with E-state index in [4.69, 9.17) is 17.0 Å². The minimum absolute atomic E-state index is 0.0865. The van der Waals surface area contributed by atoms with E-state index in [1.165, 1.54) is 12.8 Å². The molecule has 3 N–H and O–H groups in total. The second-order valence-corrected chi connectivity index (χ2v) is 6.82. The number of benzene rings is 1. The summed E-state index contributed by atoms with van der Waals surface area (Å²) in [6.07, 6.45) is 5.06. The highest BCUT2D eigenvalue weighted by atomic mass is 32.1. The van der Waals surface area contributed by atoms with Gasteiger partial charge in [0.25, 0.3) is 5.91 Å².